The van der Waals surface area contributed by atoms with E-state index in [1.54, 1.807) is 24.3 Å². The van der Waals surface area contributed by atoms with Crippen LogP contribution in [0, 0.1) is 5.92 Å². The number of nitrogens with one attached hydrogen (secondary N) is 1. The van der Waals surface area contributed by atoms with Crippen molar-refractivity contribution in [1.82, 2.24) is 9.47 Å². The van der Waals surface area contributed by atoms with Crippen LogP contribution in [0.3, 0.4) is 0 Å². The Morgan fingerprint density at radius 1 is 1.25 bits per heavy atom. The third-order valence-electron chi connectivity index (χ3n) is 5.04. The van der Waals surface area contributed by atoms with Crippen LogP contribution in [0.2, 0.25) is 0 Å². The highest BCUT2D eigenvalue weighted by molar-refractivity contribution is 6.05. The van der Waals surface area contributed by atoms with Crippen molar-refractivity contribution in [3.63, 3.8) is 0 Å². The van der Waals surface area contributed by atoms with Gasteiger partial charge in [-0.15, -0.1) is 0 Å². The first-order valence-electron chi connectivity index (χ1n) is 7.64. The van der Waals surface area contributed by atoms with Gasteiger partial charge in [0.1, 0.15) is 5.54 Å². The minimum Gasteiger partial charge on any atom is -0.479 e. The number of carboxylic acids is 1. The molecule has 0 atom stereocenters. The minimum absolute atomic E-state index is 0.249. The number of anilines is 1. The normalized spacial score (nSPS) is 24.7. The van der Waals surface area contributed by atoms with Gasteiger partial charge >= 0.3 is 18.0 Å². The number of nitrogens with two attached hydrogens (primary N) is 1. The topological polar surface area (TPSA) is 118 Å². The number of para-hydroxylation sites is 1. The number of carbonyl (C=O) groups excluding carboxylic acids is 2. The Hall–Kier alpha value is -3.03. The van der Waals surface area contributed by atoms with Gasteiger partial charge in [0.15, 0.2) is 0 Å². The van der Waals surface area contributed by atoms with Crippen LogP contribution in [0.4, 0.5) is 15.3 Å². The lowest BCUT2D eigenvalue weighted by atomic mass is 9.73. The first-order chi connectivity index (χ1) is 11.4. The molecule has 1 aromatic carbocycles. The molecule has 124 valence electrons. The summed E-state index contributed by atoms with van der Waals surface area (Å²) in [5.74, 6) is -0.718. The van der Waals surface area contributed by atoms with Crippen molar-refractivity contribution in [1.29, 1.82) is 0 Å². The summed E-state index contributed by atoms with van der Waals surface area (Å²) in [6, 6.07) is 5.92. The van der Waals surface area contributed by atoms with Gasteiger partial charge in [0, 0.05) is 18.1 Å². The molecule has 5 rings (SSSR count). The highest BCUT2D eigenvalue weighted by Gasteiger charge is 2.63. The van der Waals surface area contributed by atoms with Crippen LogP contribution in [0.15, 0.2) is 30.5 Å². The summed E-state index contributed by atoms with van der Waals surface area (Å²) in [6.07, 6.45) is 2.45. The molecule has 1 aliphatic carbocycles. The molecule has 3 fully saturated rings. The summed E-state index contributed by atoms with van der Waals surface area (Å²) in [4.78, 5) is 37.1. The lowest BCUT2D eigenvalue weighted by molar-refractivity contribution is -0.150. The zero-order chi connectivity index (χ0) is 17.1. The van der Waals surface area contributed by atoms with E-state index in [2.05, 4.69) is 5.32 Å². The second-order valence-electron chi connectivity index (χ2n) is 6.42. The molecule has 0 unspecified atom stereocenters. The Balaban J connectivity index is 1.67. The van der Waals surface area contributed by atoms with E-state index in [1.165, 1.54) is 15.7 Å². The van der Waals surface area contributed by atoms with E-state index in [0.717, 1.165) is 0 Å². The molecule has 3 amide bonds. The number of nitrogens with zero attached hydrogens (tertiary/aromatic N) is 2. The molecule has 2 saturated heterocycles. The van der Waals surface area contributed by atoms with Gasteiger partial charge in [0.2, 0.25) is 0 Å². The number of carbonyl (C=O) groups is 3. The van der Waals surface area contributed by atoms with Gasteiger partial charge in [0.05, 0.1) is 11.2 Å². The van der Waals surface area contributed by atoms with E-state index < -0.39 is 23.6 Å². The van der Waals surface area contributed by atoms with Crippen LogP contribution in [0.1, 0.15) is 12.8 Å². The number of aromatic nitrogens is 1. The number of benzene rings is 1. The molecule has 1 saturated carbocycles. The van der Waals surface area contributed by atoms with E-state index in [1.807, 2.05) is 0 Å². The number of amides is 3. The number of hydrogen-bond acceptors (Lipinski definition) is 3. The highest BCUT2D eigenvalue weighted by Crippen LogP contribution is 2.50. The van der Waals surface area contributed by atoms with Crippen LogP contribution in [0.5, 0.6) is 0 Å². The predicted octanol–water partition coefficient (Wildman–Crippen LogP) is 1.65. The second kappa shape index (κ2) is 4.73. The quantitative estimate of drug-likeness (QED) is 0.776. The van der Waals surface area contributed by atoms with Crippen molar-refractivity contribution < 1.29 is 19.5 Å². The largest absolute Gasteiger partial charge is 0.479 e. The maximum atomic E-state index is 12.6. The van der Waals surface area contributed by atoms with Crippen molar-refractivity contribution in [2.75, 3.05) is 11.9 Å². The average molecular weight is 328 g/mol. The summed E-state index contributed by atoms with van der Waals surface area (Å²) in [7, 11) is 0. The molecule has 0 radical (unpaired) electrons. The molecule has 4 N–H and O–H groups in total. The Kier molecular flexibility index (Phi) is 2.87. The summed E-state index contributed by atoms with van der Waals surface area (Å²) < 4.78 is 1.25. The molecule has 2 aromatic rings. The minimum atomic E-state index is -1.09. The Labute approximate surface area is 136 Å². The van der Waals surface area contributed by atoms with Crippen molar-refractivity contribution in [3.8, 4) is 0 Å². The second-order valence-corrected chi connectivity index (χ2v) is 6.42. The number of rotatable bonds is 2. The van der Waals surface area contributed by atoms with Gasteiger partial charge in [-0.1, -0.05) is 18.2 Å². The van der Waals surface area contributed by atoms with Gasteiger partial charge in [-0.05, 0) is 24.8 Å². The monoisotopic (exact) mass is 328 g/mol. The van der Waals surface area contributed by atoms with Gasteiger partial charge in [0.25, 0.3) is 0 Å². The van der Waals surface area contributed by atoms with Gasteiger partial charge < -0.3 is 21.1 Å². The number of urea groups is 1. The van der Waals surface area contributed by atoms with Crippen LogP contribution in [-0.4, -0.2) is 44.7 Å². The first kappa shape index (κ1) is 14.6. The van der Waals surface area contributed by atoms with Gasteiger partial charge in [-0.3, -0.25) is 4.57 Å². The van der Waals surface area contributed by atoms with E-state index in [-0.39, 0.29) is 5.92 Å². The standard InChI is InChI=1S/C16H16N4O4/c17-14(23)19-8-11(10-3-1-2-4-12(10)19)18-15(24)20-7-9-5-16(20,6-9)13(21)22/h1-4,8-9H,5-7H2,(H2,17,23)(H,18,24)(H,21,22). The number of hydrogen-bond donors (Lipinski definition) is 3. The third kappa shape index (κ3) is 1.82. The Bertz CT molecular complexity index is 881. The fourth-order valence-corrected chi connectivity index (χ4v) is 3.89. The SMILES string of the molecule is NC(=O)n1cc(NC(=O)N2CC3CC2(C(=O)O)C3)c2ccccc21. The van der Waals surface area contributed by atoms with Crippen molar-refractivity contribution in [2.24, 2.45) is 11.7 Å². The number of carboxylic acid groups (broad SMARTS) is 1. The van der Waals surface area contributed by atoms with Gasteiger partial charge in [-0.25, -0.2) is 14.4 Å². The van der Waals surface area contributed by atoms with E-state index in [0.29, 0.717) is 36.0 Å². The van der Waals surface area contributed by atoms with Crippen LogP contribution < -0.4 is 11.1 Å². The van der Waals surface area contributed by atoms with E-state index in [9.17, 15) is 19.5 Å². The van der Waals surface area contributed by atoms with Crippen LogP contribution >= 0.6 is 0 Å². The third-order valence-corrected chi connectivity index (χ3v) is 5.04. The van der Waals surface area contributed by atoms with E-state index >= 15 is 0 Å². The maximum absolute atomic E-state index is 12.6. The lowest BCUT2D eigenvalue weighted by Gasteiger charge is -2.37. The van der Waals surface area contributed by atoms with Crippen molar-refractivity contribution in [3.05, 3.63) is 30.5 Å². The zero-order valence-corrected chi connectivity index (χ0v) is 12.7. The molecule has 3 aliphatic rings. The summed E-state index contributed by atoms with van der Waals surface area (Å²) in [6.45, 7) is 0.437. The smallest absolute Gasteiger partial charge is 0.329 e. The van der Waals surface area contributed by atoms with E-state index in [4.69, 9.17) is 5.73 Å². The molecular weight excluding hydrogens is 312 g/mol. The number of fused-ring (bicyclic) bond motifs is 2. The highest BCUT2D eigenvalue weighted by atomic mass is 16.4. The molecule has 2 bridgehead atoms. The fraction of sp³-hybridized carbons (Fsp3) is 0.312. The molecule has 24 heavy (non-hydrogen) atoms. The van der Waals surface area contributed by atoms with Crippen LogP contribution in [-0.2, 0) is 4.79 Å². The number of aliphatic carboxylic acids is 1. The Morgan fingerprint density at radius 2 is 1.96 bits per heavy atom. The van der Waals surface area contributed by atoms with Gasteiger partial charge in [-0.2, -0.15) is 0 Å². The summed E-state index contributed by atoms with van der Waals surface area (Å²) in [5.41, 5.74) is 5.28. The summed E-state index contributed by atoms with van der Waals surface area (Å²) in [5, 5.41) is 12.9. The summed E-state index contributed by atoms with van der Waals surface area (Å²) >= 11 is 0. The molecule has 1 aromatic heterocycles. The molecule has 8 heteroatoms. The van der Waals surface area contributed by atoms with Crippen LogP contribution in [0.25, 0.3) is 10.9 Å². The zero-order valence-electron chi connectivity index (χ0n) is 12.7. The average Bonchev–Trinajstić information content (AvgIpc) is 3.16. The molecule has 0 spiro atoms. The lowest BCUT2D eigenvalue weighted by Crippen LogP contribution is -2.55. The maximum Gasteiger partial charge on any atom is 0.329 e. The number of primary amides is 1. The first-order valence-corrected chi connectivity index (χ1v) is 7.64. The Morgan fingerprint density at radius 3 is 2.62 bits per heavy atom. The molecule has 3 heterocycles. The molecule has 8 nitrogen and oxygen atoms in total. The fourth-order valence-electron chi connectivity index (χ4n) is 3.89. The predicted molar refractivity (Wildman–Crippen MR) is 85.7 cm³/mol. The molecule has 2 aliphatic heterocycles. The molecular formula is C16H16N4O4. The van der Waals surface area contributed by atoms with Crippen molar-refractivity contribution in [2.45, 2.75) is 18.4 Å². The van der Waals surface area contributed by atoms with Crippen molar-refractivity contribution >= 4 is 34.6 Å².